The number of thiazole rings is 1. The third-order valence-electron chi connectivity index (χ3n) is 4.62. The van der Waals surface area contributed by atoms with Gasteiger partial charge in [-0.15, -0.1) is 11.3 Å². The van der Waals surface area contributed by atoms with Crippen LogP contribution in [0.1, 0.15) is 55.3 Å². The summed E-state index contributed by atoms with van der Waals surface area (Å²) < 4.78 is 0. The molecule has 0 unspecified atom stereocenters. The highest BCUT2D eigenvalue weighted by atomic mass is 32.1. The van der Waals surface area contributed by atoms with E-state index in [0.717, 1.165) is 24.3 Å². The van der Waals surface area contributed by atoms with Crippen LogP contribution in [0.2, 0.25) is 0 Å². The Bertz CT molecular complexity index is 466. The lowest BCUT2D eigenvalue weighted by Crippen LogP contribution is -2.39. The molecular weight excluding hydrogens is 282 g/mol. The predicted octanol–water partition coefficient (Wildman–Crippen LogP) is 2.96. The second kappa shape index (κ2) is 7.36. The Labute approximate surface area is 131 Å². The number of hydrogen-bond acceptors (Lipinski definition) is 4. The predicted molar refractivity (Wildman–Crippen MR) is 87.2 cm³/mol. The average Bonchev–Trinajstić information content (AvgIpc) is 2.95. The molecule has 0 saturated heterocycles. The minimum absolute atomic E-state index is 0.0427. The van der Waals surface area contributed by atoms with Crippen LogP contribution in [0.4, 0.5) is 0 Å². The van der Waals surface area contributed by atoms with E-state index in [1.807, 2.05) is 18.1 Å². The first-order valence-corrected chi connectivity index (χ1v) is 8.78. The van der Waals surface area contributed by atoms with Crippen LogP contribution in [0.3, 0.4) is 0 Å². The van der Waals surface area contributed by atoms with E-state index < -0.39 is 0 Å². The fourth-order valence-electron chi connectivity index (χ4n) is 3.09. The molecule has 0 radical (unpaired) electrons. The van der Waals surface area contributed by atoms with Gasteiger partial charge in [-0.1, -0.05) is 26.2 Å². The van der Waals surface area contributed by atoms with Gasteiger partial charge in [-0.25, -0.2) is 4.98 Å². The molecule has 1 amide bonds. The molecule has 0 aromatic carbocycles. The zero-order chi connectivity index (χ0) is 15.3. The van der Waals surface area contributed by atoms with Gasteiger partial charge in [-0.3, -0.25) is 4.79 Å². The van der Waals surface area contributed by atoms with Crippen molar-refractivity contribution in [2.45, 2.75) is 58.4 Å². The maximum atomic E-state index is 12.5. The third-order valence-corrected chi connectivity index (χ3v) is 5.75. The largest absolute Gasteiger partial charge is 0.339 e. The molecule has 0 spiro atoms. The van der Waals surface area contributed by atoms with Crippen molar-refractivity contribution in [1.29, 1.82) is 0 Å². The van der Waals surface area contributed by atoms with E-state index >= 15 is 0 Å². The summed E-state index contributed by atoms with van der Waals surface area (Å²) in [6.07, 6.45) is 9.41. The Morgan fingerprint density at radius 3 is 2.71 bits per heavy atom. The first-order chi connectivity index (χ1) is 10.1. The Hall–Kier alpha value is -0.940. The lowest BCUT2D eigenvalue weighted by molar-refractivity contribution is -0.133. The quantitative estimate of drug-likeness (QED) is 0.879. The van der Waals surface area contributed by atoms with Gasteiger partial charge in [0.05, 0.1) is 6.54 Å². The first-order valence-electron chi connectivity index (χ1n) is 7.96. The van der Waals surface area contributed by atoms with E-state index in [1.165, 1.54) is 24.1 Å². The van der Waals surface area contributed by atoms with E-state index in [4.69, 9.17) is 5.73 Å². The second-order valence-electron chi connectivity index (χ2n) is 6.27. The van der Waals surface area contributed by atoms with Gasteiger partial charge in [-0.2, -0.15) is 0 Å². The molecule has 0 atom stereocenters. The van der Waals surface area contributed by atoms with Gasteiger partial charge < -0.3 is 10.6 Å². The number of hydrogen-bond donors (Lipinski definition) is 1. The van der Waals surface area contributed by atoms with Gasteiger partial charge in [0, 0.05) is 24.5 Å². The second-order valence-corrected chi connectivity index (χ2v) is 7.46. The van der Waals surface area contributed by atoms with Gasteiger partial charge in [0.1, 0.15) is 5.01 Å². The van der Waals surface area contributed by atoms with Crippen LogP contribution in [0.25, 0.3) is 0 Å². The summed E-state index contributed by atoms with van der Waals surface area (Å²) in [7, 11) is 1.88. The summed E-state index contributed by atoms with van der Waals surface area (Å²) in [5, 5.41) is 1.02. The fourth-order valence-corrected chi connectivity index (χ4v) is 4.00. The molecule has 21 heavy (non-hydrogen) atoms. The van der Waals surface area contributed by atoms with Crippen LogP contribution < -0.4 is 5.73 Å². The molecule has 1 aliphatic carbocycles. The molecular formula is C16H27N3OS. The van der Waals surface area contributed by atoms with Crippen molar-refractivity contribution in [3.63, 3.8) is 0 Å². The molecule has 118 valence electrons. The number of nitrogens with two attached hydrogens (primary N) is 1. The lowest BCUT2D eigenvalue weighted by Gasteiger charge is -2.36. The van der Waals surface area contributed by atoms with Gasteiger partial charge in [-0.05, 0) is 31.2 Å². The number of aryl methyl sites for hydroxylation is 1. The monoisotopic (exact) mass is 309 g/mol. The van der Waals surface area contributed by atoms with Crippen molar-refractivity contribution >= 4 is 17.2 Å². The summed E-state index contributed by atoms with van der Waals surface area (Å²) in [4.78, 5) is 20.0. The molecule has 2 rings (SSSR count). The van der Waals surface area contributed by atoms with Crippen molar-refractivity contribution in [3.8, 4) is 0 Å². The summed E-state index contributed by atoms with van der Waals surface area (Å²) in [6, 6.07) is 0. The van der Waals surface area contributed by atoms with E-state index in [2.05, 4.69) is 11.9 Å². The Balaban J connectivity index is 1.92. The number of aromatic nitrogens is 1. The Morgan fingerprint density at radius 2 is 2.14 bits per heavy atom. The molecule has 0 aliphatic heterocycles. The molecule has 1 saturated carbocycles. The molecule has 1 aromatic rings. The number of amides is 1. The number of rotatable bonds is 6. The highest BCUT2D eigenvalue weighted by molar-refractivity contribution is 7.11. The van der Waals surface area contributed by atoms with Gasteiger partial charge >= 0.3 is 0 Å². The molecule has 1 aliphatic rings. The SMILES string of the molecule is CCc1cnc(CN(C)C(=O)CC2(CN)CCCCC2)s1. The Kier molecular flexibility index (Phi) is 5.76. The molecule has 1 heterocycles. The van der Waals surface area contributed by atoms with Crippen LogP contribution in [-0.4, -0.2) is 29.4 Å². The molecule has 4 nitrogen and oxygen atoms in total. The summed E-state index contributed by atoms with van der Waals surface area (Å²) in [5.74, 6) is 0.204. The topological polar surface area (TPSA) is 59.2 Å². The van der Waals surface area contributed by atoms with Crippen LogP contribution in [0.15, 0.2) is 6.20 Å². The van der Waals surface area contributed by atoms with Crippen LogP contribution in [-0.2, 0) is 17.8 Å². The molecule has 5 heteroatoms. The standard InChI is InChI=1S/C16H27N3OS/c1-3-13-10-18-14(21-13)11-19(2)15(20)9-16(12-17)7-5-4-6-8-16/h10H,3-9,11-12,17H2,1-2H3. The first kappa shape index (κ1) is 16.4. The molecule has 1 fully saturated rings. The lowest BCUT2D eigenvalue weighted by atomic mass is 9.71. The molecule has 0 bridgehead atoms. The van der Waals surface area contributed by atoms with Crippen LogP contribution in [0.5, 0.6) is 0 Å². The van der Waals surface area contributed by atoms with E-state index in [0.29, 0.717) is 19.5 Å². The third kappa shape index (κ3) is 4.27. The minimum Gasteiger partial charge on any atom is -0.339 e. The van der Waals surface area contributed by atoms with E-state index in [9.17, 15) is 4.79 Å². The van der Waals surface area contributed by atoms with Gasteiger partial charge in [0.2, 0.25) is 5.91 Å². The van der Waals surface area contributed by atoms with Crippen molar-refractivity contribution in [3.05, 3.63) is 16.1 Å². The van der Waals surface area contributed by atoms with E-state index in [-0.39, 0.29) is 11.3 Å². The van der Waals surface area contributed by atoms with Crippen LogP contribution in [0, 0.1) is 5.41 Å². The summed E-state index contributed by atoms with van der Waals surface area (Å²) in [6.45, 7) is 3.37. The van der Waals surface area contributed by atoms with Crippen molar-refractivity contribution in [2.75, 3.05) is 13.6 Å². The summed E-state index contributed by atoms with van der Waals surface area (Å²) in [5.41, 5.74) is 6.02. The van der Waals surface area contributed by atoms with Crippen molar-refractivity contribution in [2.24, 2.45) is 11.1 Å². The average molecular weight is 309 g/mol. The van der Waals surface area contributed by atoms with E-state index in [1.54, 1.807) is 11.3 Å². The fraction of sp³-hybridized carbons (Fsp3) is 0.750. The van der Waals surface area contributed by atoms with Crippen LogP contribution >= 0.6 is 11.3 Å². The zero-order valence-electron chi connectivity index (χ0n) is 13.2. The highest BCUT2D eigenvalue weighted by Gasteiger charge is 2.33. The zero-order valence-corrected chi connectivity index (χ0v) is 14.0. The molecule has 1 aromatic heterocycles. The van der Waals surface area contributed by atoms with Gasteiger partial charge in [0.15, 0.2) is 0 Å². The summed E-state index contributed by atoms with van der Waals surface area (Å²) >= 11 is 1.70. The number of carbonyl (C=O) groups is 1. The number of carbonyl (C=O) groups excluding carboxylic acids is 1. The van der Waals surface area contributed by atoms with Crippen molar-refractivity contribution in [1.82, 2.24) is 9.88 Å². The highest BCUT2D eigenvalue weighted by Crippen LogP contribution is 2.38. The minimum atomic E-state index is 0.0427. The normalized spacial score (nSPS) is 17.7. The Morgan fingerprint density at radius 1 is 1.43 bits per heavy atom. The molecule has 2 N–H and O–H groups in total. The maximum absolute atomic E-state index is 12.5. The maximum Gasteiger partial charge on any atom is 0.223 e. The van der Waals surface area contributed by atoms with Crippen molar-refractivity contribution < 1.29 is 4.79 Å². The van der Waals surface area contributed by atoms with Gasteiger partial charge in [0.25, 0.3) is 0 Å². The number of nitrogens with zero attached hydrogens (tertiary/aromatic N) is 2. The smallest absolute Gasteiger partial charge is 0.223 e.